The van der Waals surface area contributed by atoms with Gasteiger partial charge in [-0.2, -0.15) is 0 Å². The number of rotatable bonds is 7. The lowest BCUT2D eigenvalue weighted by Gasteiger charge is -2.18. The Hall–Kier alpha value is -2.43. The molecule has 0 unspecified atom stereocenters. The fourth-order valence-electron chi connectivity index (χ4n) is 2.57. The highest BCUT2D eigenvalue weighted by Crippen LogP contribution is 2.22. The quantitative estimate of drug-likeness (QED) is 0.840. The number of amides is 1. The van der Waals surface area contributed by atoms with Crippen molar-refractivity contribution in [2.75, 3.05) is 23.8 Å². The highest BCUT2D eigenvalue weighted by atomic mass is 16.1. The Bertz CT molecular complexity index is 700. The number of hydrogen-bond donors (Lipinski definition) is 1. The molecule has 0 aliphatic rings. The molecule has 128 valence electrons. The Balaban J connectivity index is 2.19. The van der Waals surface area contributed by atoms with Gasteiger partial charge >= 0.3 is 0 Å². The standard InChI is InChI=1S/C19H26N4O/c1-5-7-11-23(4)17-12-16(20-13-21-17)19(24)22-18-14(3)9-8-10-15(18)6-2/h8-10,12-13H,5-7,11H2,1-4H3,(H,22,24). The predicted octanol–water partition coefficient (Wildman–Crippen LogP) is 3.84. The SMILES string of the molecule is CCCCN(C)c1cc(C(=O)Nc2c(C)cccc2CC)ncn1. The molecule has 0 spiro atoms. The number of nitrogens with zero attached hydrogens (tertiary/aromatic N) is 3. The molecule has 0 fully saturated rings. The van der Waals surface area contributed by atoms with E-state index in [0.29, 0.717) is 5.69 Å². The highest BCUT2D eigenvalue weighted by Gasteiger charge is 2.13. The maximum absolute atomic E-state index is 12.6. The Labute approximate surface area is 144 Å². The monoisotopic (exact) mass is 326 g/mol. The summed E-state index contributed by atoms with van der Waals surface area (Å²) >= 11 is 0. The van der Waals surface area contributed by atoms with Crippen LogP contribution in [0.5, 0.6) is 0 Å². The molecule has 1 N–H and O–H groups in total. The molecular formula is C19H26N4O. The van der Waals surface area contributed by atoms with Gasteiger partial charge in [0.05, 0.1) is 0 Å². The minimum atomic E-state index is -0.202. The molecule has 5 heteroatoms. The maximum Gasteiger partial charge on any atom is 0.274 e. The first kappa shape index (κ1) is 17.9. The Morgan fingerprint density at radius 1 is 1.25 bits per heavy atom. The van der Waals surface area contributed by atoms with Crippen molar-refractivity contribution in [3.63, 3.8) is 0 Å². The number of unbranched alkanes of at least 4 members (excludes halogenated alkanes) is 1. The van der Waals surface area contributed by atoms with E-state index in [-0.39, 0.29) is 5.91 Å². The number of para-hydroxylation sites is 1. The normalized spacial score (nSPS) is 10.5. The molecule has 0 bridgehead atoms. The van der Waals surface area contributed by atoms with Gasteiger partial charge in [0.15, 0.2) is 0 Å². The van der Waals surface area contributed by atoms with Gasteiger partial charge in [0.1, 0.15) is 17.8 Å². The first-order chi connectivity index (χ1) is 11.6. The van der Waals surface area contributed by atoms with Gasteiger partial charge < -0.3 is 10.2 Å². The van der Waals surface area contributed by atoms with E-state index >= 15 is 0 Å². The third kappa shape index (κ3) is 4.31. The van der Waals surface area contributed by atoms with Crippen LogP contribution in [0.1, 0.15) is 48.3 Å². The number of anilines is 2. The molecule has 0 atom stereocenters. The second-order valence-electron chi connectivity index (χ2n) is 5.95. The summed E-state index contributed by atoms with van der Waals surface area (Å²) < 4.78 is 0. The minimum absolute atomic E-state index is 0.202. The third-order valence-electron chi connectivity index (χ3n) is 4.10. The van der Waals surface area contributed by atoms with Gasteiger partial charge in [-0.15, -0.1) is 0 Å². The van der Waals surface area contributed by atoms with Crippen LogP contribution in [0.3, 0.4) is 0 Å². The molecule has 0 aliphatic carbocycles. The van der Waals surface area contributed by atoms with Gasteiger partial charge in [-0.25, -0.2) is 9.97 Å². The summed E-state index contributed by atoms with van der Waals surface area (Å²) in [7, 11) is 1.98. The molecule has 2 aromatic rings. The van der Waals surface area contributed by atoms with E-state index in [2.05, 4.69) is 29.1 Å². The second kappa shape index (κ2) is 8.43. The zero-order valence-corrected chi connectivity index (χ0v) is 15.0. The number of carbonyl (C=O) groups excluding carboxylic acids is 1. The number of nitrogens with one attached hydrogen (secondary N) is 1. The van der Waals surface area contributed by atoms with Crippen molar-refractivity contribution in [3.8, 4) is 0 Å². The largest absolute Gasteiger partial charge is 0.360 e. The van der Waals surface area contributed by atoms with Crippen molar-refractivity contribution >= 4 is 17.4 Å². The maximum atomic E-state index is 12.6. The first-order valence-electron chi connectivity index (χ1n) is 8.49. The topological polar surface area (TPSA) is 58.1 Å². The lowest BCUT2D eigenvalue weighted by atomic mass is 10.1. The fourth-order valence-corrected chi connectivity index (χ4v) is 2.57. The summed E-state index contributed by atoms with van der Waals surface area (Å²) in [6, 6.07) is 7.79. The van der Waals surface area contributed by atoms with Crippen LogP contribution in [-0.2, 0) is 6.42 Å². The Morgan fingerprint density at radius 2 is 2.04 bits per heavy atom. The third-order valence-corrected chi connectivity index (χ3v) is 4.10. The Kier molecular flexibility index (Phi) is 6.29. The summed E-state index contributed by atoms with van der Waals surface area (Å²) in [6.07, 6.45) is 4.53. The van der Waals surface area contributed by atoms with Gasteiger partial charge in [0.2, 0.25) is 0 Å². The summed E-state index contributed by atoms with van der Waals surface area (Å²) in [6.45, 7) is 7.14. The zero-order chi connectivity index (χ0) is 17.5. The van der Waals surface area contributed by atoms with Crippen LogP contribution in [0, 0.1) is 6.92 Å². The van der Waals surface area contributed by atoms with Crippen LogP contribution in [-0.4, -0.2) is 29.5 Å². The molecular weight excluding hydrogens is 300 g/mol. The first-order valence-corrected chi connectivity index (χ1v) is 8.49. The number of aromatic nitrogens is 2. The van der Waals surface area contributed by atoms with Crippen molar-refractivity contribution in [1.82, 2.24) is 9.97 Å². The lowest BCUT2D eigenvalue weighted by Crippen LogP contribution is -2.21. The second-order valence-corrected chi connectivity index (χ2v) is 5.95. The molecule has 1 aromatic heterocycles. The van der Waals surface area contributed by atoms with Crippen LogP contribution in [0.4, 0.5) is 11.5 Å². The summed E-state index contributed by atoms with van der Waals surface area (Å²) in [4.78, 5) is 23.1. The molecule has 24 heavy (non-hydrogen) atoms. The van der Waals surface area contributed by atoms with Gasteiger partial charge in [-0.1, -0.05) is 38.5 Å². The van der Waals surface area contributed by atoms with E-state index in [1.54, 1.807) is 6.07 Å². The summed E-state index contributed by atoms with van der Waals surface area (Å²) in [5.41, 5.74) is 3.44. The fraction of sp³-hybridized carbons (Fsp3) is 0.421. The number of aryl methyl sites for hydroxylation is 2. The van der Waals surface area contributed by atoms with Gasteiger partial charge in [-0.3, -0.25) is 4.79 Å². The summed E-state index contributed by atoms with van der Waals surface area (Å²) in [5.74, 6) is 0.565. The molecule has 2 rings (SSSR count). The predicted molar refractivity (Wildman–Crippen MR) is 98.7 cm³/mol. The average molecular weight is 326 g/mol. The van der Waals surface area contributed by atoms with Crippen molar-refractivity contribution in [2.45, 2.75) is 40.0 Å². The molecule has 1 heterocycles. The van der Waals surface area contributed by atoms with Gasteiger partial charge in [-0.05, 0) is 30.9 Å². The van der Waals surface area contributed by atoms with Crippen molar-refractivity contribution in [2.24, 2.45) is 0 Å². The van der Waals surface area contributed by atoms with Crippen molar-refractivity contribution < 1.29 is 4.79 Å². The lowest BCUT2D eigenvalue weighted by molar-refractivity contribution is 0.102. The van der Waals surface area contributed by atoms with Gasteiger partial charge in [0, 0.05) is 25.3 Å². The number of hydrogen-bond acceptors (Lipinski definition) is 4. The van der Waals surface area contributed by atoms with Crippen molar-refractivity contribution in [1.29, 1.82) is 0 Å². The van der Waals surface area contributed by atoms with Crippen molar-refractivity contribution in [3.05, 3.63) is 47.4 Å². The summed E-state index contributed by atoms with van der Waals surface area (Å²) in [5, 5.41) is 3.01. The van der Waals surface area contributed by atoms with Crippen LogP contribution in [0.2, 0.25) is 0 Å². The molecule has 1 amide bonds. The molecule has 0 radical (unpaired) electrons. The molecule has 0 aliphatic heterocycles. The van der Waals surface area contributed by atoms with Crippen LogP contribution in [0.15, 0.2) is 30.6 Å². The van der Waals surface area contributed by atoms with Crippen LogP contribution >= 0.6 is 0 Å². The van der Waals surface area contributed by atoms with E-state index in [4.69, 9.17) is 0 Å². The molecule has 1 aromatic carbocycles. The van der Waals surface area contributed by atoms with E-state index < -0.39 is 0 Å². The zero-order valence-electron chi connectivity index (χ0n) is 15.0. The molecule has 5 nitrogen and oxygen atoms in total. The van der Waals surface area contributed by atoms with E-state index in [9.17, 15) is 4.79 Å². The molecule has 0 saturated heterocycles. The Morgan fingerprint density at radius 3 is 2.75 bits per heavy atom. The average Bonchev–Trinajstić information content (AvgIpc) is 2.61. The highest BCUT2D eigenvalue weighted by molar-refractivity contribution is 6.04. The van der Waals surface area contributed by atoms with Gasteiger partial charge in [0.25, 0.3) is 5.91 Å². The number of benzene rings is 1. The number of carbonyl (C=O) groups is 1. The van der Waals surface area contributed by atoms with Crippen LogP contribution in [0.25, 0.3) is 0 Å². The molecule has 0 saturated carbocycles. The van der Waals surface area contributed by atoms with Crippen LogP contribution < -0.4 is 10.2 Å². The van der Waals surface area contributed by atoms with E-state index in [1.165, 1.54) is 6.33 Å². The van der Waals surface area contributed by atoms with E-state index in [1.807, 2.05) is 37.1 Å². The van der Waals surface area contributed by atoms with E-state index in [0.717, 1.165) is 48.4 Å². The smallest absolute Gasteiger partial charge is 0.274 e. The minimum Gasteiger partial charge on any atom is -0.360 e.